The summed E-state index contributed by atoms with van der Waals surface area (Å²) in [6.07, 6.45) is 40.0. The molecular formula is C42H84N2O6P+. The second kappa shape index (κ2) is 34.7. The molecule has 0 aromatic carbocycles. The molecule has 0 aromatic rings. The summed E-state index contributed by atoms with van der Waals surface area (Å²) in [5, 5.41) is 13.6. The van der Waals surface area contributed by atoms with Gasteiger partial charge in [-0.25, -0.2) is 4.57 Å². The van der Waals surface area contributed by atoms with Crippen molar-refractivity contribution in [2.24, 2.45) is 0 Å². The predicted octanol–water partition coefficient (Wildman–Crippen LogP) is 11.4. The monoisotopic (exact) mass is 744 g/mol. The number of aliphatic hydroxyl groups excluding tert-OH is 1. The Hall–Kier alpha value is -1.02. The van der Waals surface area contributed by atoms with Gasteiger partial charge in [-0.1, -0.05) is 160 Å². The van der Waals surface area contributed by atoms with E-state index in [4.69, 9.17) is 9.05 Å². The Morgan fingerprint density at radius 3 is 1.53 bits per heavy atom. The van der Waals surface area contributed by atoms with Gasteiger partial charge in [-0.05, 0) is 44.9 Å². The molecule has 0 fully saturated rings. The lowest BCUT2D eigenvalue weighted by atomic mass is 10.0. The maximum Gasteiger partial charge on any atom is 0.472 e. The number of phosphoric acid groups is 1. The fourth-order valence-corrected chi connectivity index (χ4v) is 6.71. The van der Waals surface area contributed by atoms with Gasteiger partial charge < -0.3 is 19.8 Å². The molecule has 0 heterocycles. The minimum atomic E-state index is -4.32. The van der Waals surface area contributed by atoms with E-state index in [0.717, 1.165) is 44.9 Å². The molecule has 3 N–H and O–H groups in total. The highest BCUT2D eigenvalue weighted by Crippen LogP contribution is 2.43. The van der Waals surface area contributed by atoms with Gasteiger partial charge in [0.25, 0.3) is 0 Å². The highest BCUT2D eigenvalue weighted by molar-refractivity contribution is 7.47. The third kappa shape index (κ3) is 37.1. The number of phosphoric ester groups is 1. The summed E-state index contributed by atoms with van der Waals surface area (Å²) in [6, 6.07) is -0.840. The quantitative estimate of drug-likeness (QED) is 0.0252. The lowest BCUT2D eigenvalue weighted by molar-refractivity contribution is -0.870. The van der Waals surface area contributed by atoms with Crippen molar-refractivity contribution in [3.63, 3.8) is 0 Å². The van der Waals surface area contributed by atoms with Crippen LogP contribution in [-0.2, 0) is 18.4 Å². The number of allylic oxidation sites excluding steroid dienone is 3. The van der Waals surface area contributed by atoms with Crippen LogP contribution in [-0.4, -0.2) is 73.4 Å². The fraction of sp³-hybridized carbons (Fsp3) is 0.881. The van der Waals surface area contributed by atoms with Crippen molar-refractivity contribution in [2.75, 3.05) is 40.9 Å². The number of unbranched alkanes of at least 4 members (excludes halogenated alkanes) is 23. The Bertz CT molecular complexity index is 891. The zero-order valence-corrected chi connectivity index (χ0v) is 35.0. The largest absolute Gasteiger partial charge is 0.472 e. The predicted molar refractivity (Wildman–Crippen MR) is 217 cm³/mol. The van der Waals surface area contributed by atoms with Gasteiger partial charge in [0.15, 0.2) is 0 Å². The van der Waals surface area contributed by atoms with Crippen LogP contribution >= 0.6 is 7.82 Å². The van der Waals surface area contributed by atoms with Gasteiger partial charge in [0.1, 0.15) is 13.2 Å². The second-order valence-corrected chi connectivity index (χ2v) is 17.2. The van der Waals surface area contributed by atoms with Crippen LogP contribution in [0.5, 0.6) is 0 Å². The van der Waals surface area contributed by atoms with Gasteiger partial charge in [0.05, 0.1) is 39.9 Å². The number of nitrogens with one attached hydrogen (secondary N) is 1. The molecule has 0 rings (SSSR count). The van der Waals surface area contributed by atoms with Crippen LogP contribution in [0.25, 0.3) is 0 Å². The molecule has 302 valence electrons. The van der Waals surface area contributed by atoms with Gasteiger partial charge in [-0.2, -0.15) is 0 Å². The van der Waals surface area contributed by atoms with E-state index in [2.05, 4.69) is 31.3 Å². The van der Waals surface area contributed by atoms with Crippen molar-refractivity contribution in [3.8, 4) is 0 Å². The average molecular weight is 744 g/mol. The number of hydrogen-bond donors (Lipinski definition) is 3. The third-order valence-corrected chi connectivity index (χ3v) is 10.4. The van der Waals surface area contributed by atoms with Crippen molar-refractivity contribution in [1.29, 1.82) is 0 Å². The van der Waals surface area contributed by atoms with Crippen molar-refractivity contribution < 1.29 is 32.9 Å². The summed E-state index contributed by atoms with van der Waals surface area (Å²) in [7, 11) is 1.57. The van der Waals surface area contributed by atoms with E-state index in [9.17, 15) is 19.4 Å². The van der Waals surface area contributed by atoms with E-state index in [0.29, 0.717) is 17.4 Å². The summed E-state index contributed by atoms with van der Waals surface area (Å²) in [4.78, 5) is 22.9. The van der Waals surface area contributed by atoms with Crippen LogP contribution in [0, 0.1) is 0 Å². The highest BCUT2D eigenvalue weighted by Gasteiger charge is 2.27. The summed E-state index contributed by atoms with van der Waals surface area (Å²) in [5.74, 6) is -0.184. The lowest BCUT2D eigenvalue weighted by Gasteiger charge is -2.25. The summed E-state index contributed by atoms with van der Waals surface area (Å²) in [6.45, 7) is 4.73. The van der Waals surface area contributed by atoms with Crippen LogP contribution in [0.3, 0.4) is 0 Å². The molecule has 1 amide bonds. The van der Waals surface area contributed by atoms with Crippen molar-refractivity contribution in [3.05, 3.63) is 24.3 Å². The van der Waals surface area contributed by atoms with Crippen molar-refractivity contribution in [2.45, 2.75) is 199 Å². The molecule has 51 heavy (non-hydrogen) atoms. The van der Waals surface area contributed by atoms with Gasteiger partial charge in [0, 0.05) is 6.42 Å². The molecule has 0 radical (unpaired) electrons. The number of likely N-dealkylation sites (N-methyl/N-ethyl adjacent to an activating group) is 1. The van der Waals surface area contributed by atoms with E-state index in [1.54, 1.807) is 6.08 Å². The first-order valence-corrected chi connectivity index (χ1v) is 22.7. The number of carbonyl (C=O) groups is 1. The Kier molecular flexibility index (Phi) is 34.0. The number of rotatable bonds is 38. The number of carbonyl (C=O) groups excluding carboxylic acids is 1. The van der Waals surface area contributed by atoms with Gasteiger partial charge in [-0.15, -0.1) is 0 Å². The molecule has 0 saturated heterocycles. The molecule has 0 aliphatic carbocycles. The standard InChI is InChI=1S/C42H83N2O6P/c1-6-8-10-12-14-15-16-17-18-19-20-21-22-23-24-25-26-27-28-29-30-32-34-36-42(46)43-40(41(45)35-33-31-13-11-9-7-2)39-50-51(47,48)49-38-37-44(3,4)5/h19-20,33,35,40-41,45H,6-18,21-32,34,36-39H2,1-5H3,(H-,43,46,47,48)/p+1/b20-19-,35-33+. The van der Waals surface area contributed by atoms with Crippen LogP contribution < -0.4 is 5.32 Å². The van der Waals surface area contributed by atoms with Crippen LogP contribution in [0.4, 0.5) is 0 Å². The Morgan fingerprint density at radius 2 is 1.06 bits per heavy atom. The lowest BCUT2D eigenvalue weighted by Crippen LogP contribution is -2.45. The number of amides is 1. The zero-order chi connectivity index (χ0) is 37.9. The summed E-state index contributed by atoms with van der Waals surface area (Å²) < 4.78 is 23.4. The van der Waals surface area contributed by atoms with E-state index < -0.39 is 20.0 Å². The smallest absolute Gasteiger partial charge is 0.387 e. The van der Waals surface area contributed by atoms with E-state index in [1.165, 1.54) is 122 Å². The van der Waals surface area contributed by atoms with E-state index in [1.807, 2.05) is 27.2 Å². The van der Waals surface area contributed by atoms with Crippen LogP contribution in [0.2, 0.25) is 0 Å². The SMILES string of the molecule is CCCCCC/C=C/C(O)C(COP(=O)(O)OCC[N+](C)(C)C)NC(=O)CCCCCCCCCCCCC/C=C\CCCCCCCCCC. The van der Waals surface area contributed by atoms with Crippen LogP contribution in [0.15, 0.2) is 24.3 Å². The molecule has 0 bridgehead atoms. The summed E-state index contributed by atoms with van der Waals surface area (Å²) >= 11 is 0. The highest BCUT2D eigenvalue weighted by atomic mass is 31.2. The second-order valence-electron chi connectivity index (χ2n) is 15.7. The maximum absolute atomic E-state index is 12.8. The molecule has 3 unspecified atom stereocenters. The van der Waals surface area contributed by atoms with Gasteiger partial charge in [0.2, 0.25) is 5.91 Å². The molecular weight excluding hydrogens is 659 g/mol. The number of quaternary nitrogens is 1. The van der Waals surface area contributed by atoms with E-state index >= 15 is 0 Å². The van der Waals surface area contributed by atoms with Gasteiger partial charge in [-0.3, -0.25) is 13.8 Å². The minimum absolute atomic E-state index is 0.0616. The minimum Gasteiger partial charge on any atom is -0.387 e. The first-order valence-electron chi connectivity index (χ1n) is 21.2. The average Bonchev–Trinajstić information content (AvgIpc) is 3.07. The Labute approximate surface area is 315 Å². The topological polar surface area (TPSA) is 105 Å². The first-order chi connectivity index (χ1) is 24.5. The normalized spacial score (nSPS) is 14.7. The Balaban J connectivity index is 4.10. The molecule has 9 heteroatoms. The fourth-order valence-electron chi connectivity index (χ4n) is 5.98. The molecule has 0 aromatic heterocycles. The van der Waals surface area contributed by atoms with Crippen LogP contribution in [0.1, 0.15) is 187 Å². The number of hydrogen-bond acceptors (Lipinski definition) is 5. The van der Waals surface area contributed by atoms with E-state index in [-0.39, 0.29) is 19.1 Å². The molecule has 0 aliphatic heterocycles. The first kappa shape index (κ1) is 50.0. The zero-order valence-electron chi connectivity index (χ0n) is 34.1. The van der Waals surface area contributed by atoms with Crippen molar-refractivity contribution in [1.82, 2.24) is 5.32 Å². The number of nitrogens with zero attached hydrogens (tertiary/aromatic N) is 1. The molecule has 3 atom stereocenters. The maximum atomic E-state index is 12.8. The van der Waals surface area contributed by atoms with Gasteiger partial charge >= 0.3 is 7.82 Å². The third-order valence-electron chi connectivity index (χ3n) is 9.42. The van der Waals surface area contributed by atoms with Crippen molar-refractivity contribution >= 4 is 13.7 Å². The molecule has 8 nitrogen and oxygen atoms in total. The molecule has 0 spiro atoms. The molecule has 0 saturated carbocycles. The molecule has 0 aliphatic rings. The number of aliphatic hydroxyl groups is 1. The Morgan fingerprint density at radius 1 is 0.647 bits per heavy atom. The summed E-state index contributed by atoms with van der Waals surface area (Å²) in [5.41, 5.74) is 0.